The molecule has 1 heterocycles. The molecule has 13 heavy (non-hydrogen) atoms. The highest BCUT2D eigenvalue weighted by atomic mass is 16.5. The standard InChI is InChI=1S/C9H17NO3/c1-9(2,3)5-13-8(12)6-4-7(11)10-6/h6-7,10-11H,4-5H2,1-3H3/t6-,7?/m0/s1. The van der Waals surface area contributed by atoms with E-state index in [0.29, 0.717) is 13.0 Å². The minimum Gasteiger partial charge on any atom is -0.464 e. The summed E-state index contributed by atoms with van der Waals surface area (Å²) in [6.45, 7) is 6.43. The van der Waals surface area contributed by atoms with Gasteiger partial charge in [0.25, 0.3) is 0 Å². The molecule has 1 aliphatic heterocycles. The van der Waals surface area contributed by atoms with Crippen LogP contribution < -0.4 is 5.32 Å². The molecule has 0 bridgehead atoms. The number of hydrogen-bond donors (Lipinski definition) is 2. The van der Waals surface area contributed by atoms with Gasteiger partial charge < -0.3 is 9.84 Å². The Morgan fingerprint density at radius 3 is 2.54 bits per heavy atom. The first-order valence-electron chi connectivity index (χ1n) is 4.49. The van der Waals surface area contributed by atoms with Crippen molar-refractivity contribution in [2.24, 2.45) is 5.41 Å². The van der Waals surface area contributed by atoms with Gasteiger partial charge in [0.15, 0.2) is 0 Å². The second-order valence-corrected chi connectivity index (χ2v) is 4.64. The maximum absolute atomic E-state index is 11.2. The van der Waals surface area contributed by atoms with Crippen molar-refractivity contribution in [1.29, 1.82) is 0 Å². The average Bonchev–Trinajstić information content (AvgIpc) is 1.93. The number of aliphatic hydroxyl groups is 1. The van der Waals surface area contributed by atoms with E-state index in [1.54, 1.807) is 0 Å². The predicted octanol–water partition coefficient (Wildman–Crippen LogP) is 0.256. The van der Waals surface area contributed by atoms with Gasteiger partial charge in [-0.2, -0.15) is 0 Å². The molecule has 0 aromatic heterocycles. The Labute approximate surface area is 78.3 Å². The molecule has 0 aliphatic carbocycles. The Balaban J connectivity index is 2.19. The molecule has 0 aromatic carbocycles. The van der Waals surface area contributed by atoms with Crippen molar-refractivity contribution in [2.45, 2.75) is 39.5 Å². The summed E-state index contributed by atoms with van der Waals surface area (Å²) in [7, 11) is 0. The largest absolute Gasteiger partial charge is 0.464 e. The first kappa shape index (κ1) is 10.5. The summed E-state index contributed by atoms with van der Waals surface area (Å²) < 4.78 is 5.05. The Morgan fingerprint density at radius 1 is 1.62 bits per heavy atom. The number of rotatable bonds is 2. The summed E-state index contributed by atoms with van der Waals surface area (Å²) in [5, 5.41) is 11.5. The van der Waals surface area contributed by atoms with Crippen molar-refractivity contribution in [3.63, 3.8) is 0 Å². The van der Waals surface area contributed by atoms with E-state index >= 15 is 0 Å². The van der Waals surface area contributed by atoms with Crippen LogP contribution in [-0.4, -0.2) is 30.0 Å². The smallest absolute Gasteiger partial charge is 0.323 e. The van der Waals surface area contributed by atoms with Crippen LogP contribution in [0.15, 0.2) is 0 Å². The fourth-order valence-corrected chi connectivity index (χ4v) is 0.984. The third-order valence-electron chi connectivity index (χ3n) is 1.78. The molecule has 0 spiro atoms. The molecule has 0 amide bonds. The Hall–Kier alpha value is -0.610. The molecule has 0 radical (unpaired) electrons. The van der Waals surface area contributed by atoms with Crippen LogP contribution in [0.1, 0.15) is 27.2 Å². The third-order valence-corrected chi connectivity index (χ3v) is 1.78. The van der Waals surface area contributed by atoms with Crippen LogP contribution in [0.25, 0.3) is 0 Å². The molecule has 0 saturated carbocycles. The average molecular weight is 187 g/mol. The van der Waals surface area contributed by atoms with E-state index in [4.69, 9.17) is 9.84 Å². The van der Waals surface area contributed by atoms with Crippen LogP contribution >= 0.6 is 0 Å². The number of carbonyl (C=O) groups is 1. The fraction of sp³-hybridized carbons (Fsp3) is 0.889. The first-order chi connectivity index (χ1) is 5.88. The molecule has 1 unspecified atom stereocenters. The van der Waals surface area contributed by atoms with E-state index < -0.39 is 6.23 Å². The second kappa shape index (κ2) is 3.64. The number of ether oxygens (including phenoxy) is 1. The number of nitrogens with one attached hydrogen (secondary N) is 1. The van der Waals surface area contributed by atoms with E-state index in [0.717, 1.165) is 0 Å². The van der Waals surface area contributed by atoms with Crippen molar-refractivity contribution in [1.82, 2.24) is 5.32 Å². The third kappa shape index (κ3) is 3.32. The zero-order chi connectivity index (χ0) is 10.1. The SMILES string of the molecule is CC(C)(C)COC(=O)[C@@H]1CC(O)N1. The van der Waals surface area contributed by atoms with Gasteiger partial charge in [-0.05, 0) is 5.41 Å². The van der Waals surface area contributed by atoms with Gasteiger partial charge in [0.1, 0.15) is 12.3 Å². The van der Waals surface area contributed by atoms with Crippen molar-refractivity contribution >= 4 is 5.97 Å². The molecule has 2 atom stereocenters. The molecular formula is C9H17NO3. The lowest BCUT2D eigenvalue weighted by Gasteiger charge is -2.32. The van der Waals surface area contributed by atoms with Crippen LogP contribution in [0.2, 0.25) is 0 Å². The van der Waals surface area contributed by atoms with Crippen molar-refractivity contribution in [3.8, 4) is 0 Å². The maximum Gasteiger partial charge on any atom is 0.323 e. The zero-order valence-corrected chi connectivity index (χ0v) is 8.33. The molecule has 0 aromatic rings. The minimum atomic E-state index is -0.535. The van der Waals surface area contributed by atoms with E-state index in [9.17, 15) is 4.79 Å². The number of hydrogen-bond acceptors (Lipinski definition) is 4. The summed E-state index contributed by atoms with van der Waals surface area (Å²) in [4.78, 5) is 11.2. The quantitative estimate of drug-likeness (QED) is 0.609. The van der Waals surface area contributed by atoms with Crippen LogP contribution in [0, 0.1) is 5.41 Å². The van der Waals surface area contributed by atoms with Gasteiger partial charge in [-0.3, -0.25) is 10.1 Å². The molecule has 4 heteroatoms. The van der Waals surface area contributed by atoms with Gasteiger partial charge >= 0.3 is 5.97 Å². The van der Waals surface area contributed by atoms with Gasteiger partial charge in [0.05, 0.1) is 6.61 Å². The predicted molar refractivity (Wildman–Crippen MR) is 48.0 cm³/mol. The summed E-state index contributed by atoms with van der Waals surface area (Å²) in [5.41, 5.74) is -0.00196. The van der Waals surface area contributed by atoms with E-state index in [2.05, 4.69) is 5.32 Å². The minimum absolute atomic E-state index is 0.00196. The molecule has 1 saturated heterocycles. The Kier molecular flexibility index (Phi) is 2.93. The number of aliphatic hydroxyl groups excluding tert-OH is 1. The summed E-state index contributed by atoms with van der Waals surface area (Å²) >= 11 is 0. The highest BCUT2D eigenvalue weighted by Crippen LogP contribution is 2.15. The second-order valence-electron chi connectivity index (χ2n) is 4.64. The number of carbonyl (C=O) groups excluding carboxylic acids is 1. The summed E-state index contributed by atoms with van der Waals surface area (Å²) in [6, 6.07) is -0.308. The normalized spacial score (nSPS) is 28.0. The maximum atomic E-state index is 11.2. The zero-order valence-electron chi connectivity index (χ0n) is 8.33. The summed E-state index contributed by atoms with van der Waals surface area (Å²) in [6.07, 6.45) is -0.0737. The van der Waals surface area contributed by atoms with Gasteiger partial charge in [-0.15, -0.1) is 0 Å². The Morgan fingerprint density at radius 2 is 2.15 bits per heavy atom. The fourth-order valence-electron chi connectivity index (χ4n) is 0.984. The summed E-state index contributed by atoms with van der Waals surface area (Å²) in [5.74, 6) is -0.264. The lowest BCUT2D eigenvalue weighted by atomic mass is 9.98. The van der Waals surface area contributed by atoms with Crippen LogP contribution in [-0.2, 0) is 9.53 Å². The molecule has 1 rings (SSSR count). The van der Waals surface area contributed by atoms with Gasteiger partial charge in [0.2, 0.25) is 0 Å². The molecule has 76 valence electrons. The molecule has 4 nitrogen and oxygen atoms in total. The highest BCUT2D eigenvalue weighted by molar-refractivity contribution is 5.76. The molecule has 1 fully saturated rings. The number of esters is 1. The van der Waals surface area contributed by atoms with Crippen molar-refractivity contribution in [3.05, 3.63) is 0 Å². The molecule has 2 N–H and O–H groups in total. The highest BCUT2D eigenvalue weighted by Gasteiger charge is 2.33. The lowest BCUT2D eigenvalue weighted by molar-refractivity contribution is -0.155. The van der Waals surface area contributed by atoms with Crippen molar-refractivity contribution in [2.75, 3.05) is 6.61 Å². The Bertz CT molecular complexity index is 192. The van der Waals surface area contributed by atoms with Crippen LogP contribution in [0.4, 0.5) is 0 Å². The van der Waals surface area contributed by atoms with Crippen LogP contribution in [0.5, 0.6) is 0 Å². The molecular weight excluding hydrogens is 170 g/mol. The topological polar surface area (TPSA) is 58.6 Å². The van der Waals surface area contributed by atoms with Gasteiger partial charge in [-0.1, -0.05) is 20.8 Å². The van der Waals surface area contributed by atoms with E-state index in [1.165, 1.54) is 0 Å². The molecule has 1 aliphatic rings. The van der Waals surface area contributed by atoms with E-state index in [1.807, 2.05) is 20.8 Å². The first-order valence-corrected chi connectivity index (χ1v) is 4.49. The van der Waals surface area contributed by atoms with Crippen molar-refractivity contribution < 1.29 is 14.6 Å². The van der Waals surface area contributed by atoms with Crippen LogP contribution in [0.3, 0.4) is 0 Å². The monoisotopic (exact) mass is 187 g/mol. The van der Waals surface area contributed by atoms with Gasteiger partial charge in [0, 0.05) is 6.42 Å². The van der Waals surface area contributed by atoms with Gasteiger partial charge in [-0.25, -0.2) is 0 Å². The lowest BCUT2D eigenvalue weighted by Crippen LogP contribution is -2.57. The van der Waals surface area contributed by atoms with E-state index in [-0.39, 0.29) is 17.4 Å².